The first-order valence-electron chi connectivity index (χ1n) is 12.2. The number of carbonyl (C=O) groups excluding carboxylic acids is 1. The molecule has 2 aromatic heterocycles. The number of pyridine rings is 1. The van der Waals surface area contributed by atoms with Gasteiger partial charge in [0, 0.05) is 42.0 Å². The minimum absolute atomic E-state index is 0.0224. The molecule has 7 nitrogen and oxygen atoms in total. The predicted molar refractivity (Wildman–Crippen MR) is 140 cm³/mol. The van der Waals surface area contributed by atoms with Gasteiger partial charge in [0.05, 0.1) is 6.61 Å². The minimum atomic E-state index is -0.0224. The summed E-state index contributed by atoms with van der Waals surface area (Å²) in [6, 6.07) is 19.0. The first-order valence-corrected chi connectivity index (χ1v) is 12.2. The van der Waals surface area contributed by atoms with Crippen LogP contribution in [0, 0.1) is 0 Å². The van der Waals surface area contributed by atoms with Gasteiger partial charge in [-0.15, -0.1) is 0 Å². The van der Waals surface area contributed by atoms with E-state index in [-0.39, 0.29) is 5.91 Å². The predicted octanol–water partition coefficient (Wildman–Crippen LogP) is 5.35. The van der Waals surface area contributed by atoms with Gasteiger partial charge >= 0.3 is 0 Å². The van der Waals surface area contributed by atoms with Crippen molar-refractivity contribution in [1.82, 2.24) is 14.9 Å². The number of hydrogen-bond donors (Lipinski definition) is 1. The Morgan fingerprint density at radius 1 is 1.00 bits per heavy atom. The van der Waals surface area contributed by atoms with Gasteiger partial charge in [-0.25, -0.2) is 4.98 Å². The van der Waals surface area contributed by atoms with Crippen LogP contribution in [0.5, 0.6) is 17.2 Å². The summed E-state index contributed by atoms with van der Waals surface area (Å²) in [6.07, 6.45) is 6.70. The summed E-state index contributed by atoms with van der Waals surface area (Å²) in [4.78, 5) is 22.7. The second kappa shape index (κ2) is 11.0. The molecule has 3 heterocycles. The second-order valence-corrected chi connectivity index (χ2v) is 8.44. The fourth-order valence-electron chi connectivity index (χ4n) is 4.36. The number of para-hydroxylation sites is 1. The molecule has 5 rings (SSSR count). The molecule has 184 valence electrons. The maximum atomic E-state index is 13.3. The van der Waals surface area contributed by atoms with Crippen molar-refractivity contribution in [1.29, 1.82) is 0 Å². The number of fused-ring (bicyclic) bond motifs is 1. The van der Waals surface area contributed by atoms with Crippen LogP contribution < -0.4 is 14.2 Å². The van der Waals surface area contributed by atoms with Crippen molar-refractivity contribution in [2.24, 2.45) is 0 Å². The van der Waals surface area contributed by atoms with Gasteiger partial charge in [-0.2, -0.15) is 0 Å². The quantitative estimate of drug-likeness (QED) is 0.325. The van der Waals surface area contributed by atoms with Crippen LogP contribution in [0.2, 0.25) is 0 Å². The Kier molecular flexibility index (Phi) is 7.17. The highest BCUT2D eigenvalue weighted by Crippen LogP contribution is 2.31. The number of benzene rings is 2. The monoisotopic (exact) mass is 483 g/mol. The summed E-state index contributed by atoms with van der Waals surface area (Å²) in [5.74, 6) is 1.93. The molecule has 36 heavy (non-hydrogen) atoms. The number of aromatic amines is 1. The van der Waals surface area contributed by atoms with Gasteiger partial charge < -0.3 is 24.1 Å². The maximum Gasteiger partial charge on any atom is 0.254 e. The van der Waals surface area contributed by atoms with E-state index in [1.54, 1.807) is 24.4 Å². The third kappa shape index (κ3) is 5.20. The molecule has 1 N–H and O–H groups in total. The molecule has 7 heteroatoms. The molecule has 0 bridgehead atoms. The highest BCUT2D eigenvalue weighted by Gasteiger charge is 2.22. The van der Waals surface area contributed by atoms with Crippen LogP contribution in [-0.2, 0) is 0 Å². The topological polar surface area (TPSA) is 76.7 Å². The van der Waals surface area contributed by atoms with Gasteiger partial charge in [0.15, 0.2) is 11.5 Å². The molecule has 0 atom stereocenters. The molecule has 2 aromatic carbocycles. The SMILES string of the molecule is CCOc1cc(C(=O)N2CC=C(c3c[nH]c4ncccc34)CC2)ccc1OCCOc1ccccc1. The van der Waals surface area contributed by atoms with E-state index >= 15 is 0 Å². The maximum absolute atomic E-state index is 13.3. The molecule has 1 amide bonds. The highest BCUT2D eigenvalue weighted by molar-refractivity contribution is 5.96. The van der Waals surface area contributed by atoms with Gasteiger partial charge in [0.2, 0.25) is 0 Å². The molecule has 1 aliphatic rings. The number of carbonyl (C=O) groups is 1. The van der Waals surface area contributed by atoms with Gasteiger partial charge in [-0.1, -0.05) is 24.3 Å². The number of hydrogen-bond acceptors (Lipinski definition) is 5. The van der Waals surface area contributed by atoms with Crippen LogP contribution in [0.1, 0.15) is 29.3 Å². The van der Waals surface area contributed by atoms with Gasteiger partial charge in [-0.05, 0) is 61.4 Å². The molecule has 0 spiro atoms. The van der Waals surface area contributed by atoms with Crippen molar-refractivity contribution in [3.05, 3.63) is 90.3 Å². The van der Waals surface area contributed by atoms with E-state index in [1.165, 1.54) is 5.57 Å². The number of amides is 1. The van der Waals surface area contributed by atoms with Crippen molar-refractivity contribution < 1.29 is 19.0 Å². The zero-order chi connectivity index (χ0) is 24.7. The van der Waals surface area contributed by atoms with Crippen molar-refractivity contribution in [2.45, 2.75) is 13.3 Å². The Morgan fingerprint density at radius 2 is 1.86 bits per heavy atom. The van der Waals surface area contributed by atoms with Crippen molar-refractivity contribution >= 4 is 22.5 Å². The summed E-state index contributed by atoms with van der Waals surface area (Å²) < 4.78 is 17.4. The van der Waals surface area contributed by atoms with E-state index < -0.39 is 0 Å². The molecular formula is C29H29N3O4. The van der Waals surface area contributed by atoms with Crippen LogP contribution in [0.15, 0.2) is 79.1 Å². The van der Waals surface area contributed by atoms with Crippen molar-refractivity contribution in [2.75, 3.05) is 32.9 Å². The van der Waals surface area contributed by atoms with Gasteiger partial charge in [-0.3, -0.25) is 4.79 Å². The molecular weight excluding hydrogens is 454 g/mol. The Labute approximate surface area is 210 Å². The zero-order valence-corrected chi connectivity index (χ0v) is 20.3. The standard InChI is InChI=1S/C29H29N3O4/c1-2-34-27-19-22(10-11-26(27)36-18-17-35-23-7-4-3-5-8-23)29(33)32-15-12-21(13-16-32)25-20-31-28-24(25)9-6-14-30-28/h3-12,14,19-20H,2,13,15-18H2,1H3,(H,30,31). The van der Waals surface area contributed by atoms with Gasteiger partial charge in [0.25, 0.3) is 5.91 Å². The smallest absolute Gasteiger partial charge is 0.254 e. The summed E-state index contributed by atoms with van der Waals surface area (Å²) in [6.45, 7) is 4.37. The fraction of sp³-hybridized carbons (Fsp3) is 0.241. The number of H-pyrrole nitrogens is 1. The third-order valence-corrected chi connectivity index (χ3v) is 6.14. The van der Waals surface area contributed by atoms with Crippen LogP contribution in [0.3, 0.4) is 0 Å². The summed E-state index contributed by atoms with van der Waals surface area (Å²) in [5, 5.41) is 1.11. The van der Waals surface area contributed by atoms with E-state index in [0.717, 1.165) is 28.8 Å². The second-order valence-electron chi connectivity index (χ2n) is 8.44. The summed E-state index contributed by atoms with van der Waals surface area (Å²) >= 11 is 0. The largest absolute Gasteiger partial charge is 0.490 e. The number of ether oxygens (including phenoxy) is 3. The molecule has 0 fully saturated rings. The summed E-state index contributed by atoms with van der Waals surface area (Å²) in [7, 11) is 0. The lowest BCUT2D eigenvalue weighted by Crippen LogP contribution is -2.34. The average molecular weight is 484 g/mol. The van der Waals surface area contributed by atoms with E-state index in [0.29, 0.717) is 50.0 Å². The zero-order valence-electron chi connectivity index (χ0n) is 20.3. The Balaban J connectivity index is 1.22. The lowest BCUT2D eigenvalue weighted by atomic mass is 9.99. The highest BCUT2D eigenvalue weighted by atomic mass is 16.5. The normalized spacial score (nSPS) is 13.4. The Morgan fingerprint density at radius 3 is 2.67 bits per heavy atom. The number of nitrogens with one attached hydrogen (secondary N) is 1. The Bertz CT molecular complexity index is 1360. The number of nitrogens with zero attached hydrogens (tertiary/aromatic N) is 2. The fourth-order valence-corrected chi connectivity index (χ4v) is 4.36. The first kappa shape index (κ1) is 23.5. The van der Waals surface area contributed by atoms with Crippen LogP contribution in [-0.4, -0.2) is 53.7 Å². The third-order valence-electron chi connectivity index (χ3n) is 6.14. The van der Waals surface area contributed by atoms with E-state index in [2.05, 4.69) is 22.1 Å². The van der Waals surface area contributed by atoms with E-state index in [4.69, 9.17) is 14.2 Å². The molecule has 0 aliphatic carbocycles. The molecule has 0 unspecified atom stereocenters. The molecule has 1 aliphatic heterocycles. The Hall–Kier alpha value is -4.26. The lowest BCUT2D eigenvalue weighted by molar-refractivity contribution is 0.0772. The van der Waals surface area contributed by atoms with Crippen LogP contribution in [0.25, 0.3) is 16.6 Å². The number of aromatic nitrogens is 2. The number of rotatable bonds is 9. The van der Waals surface area contributed by atoms with Gasteiger partial charge in [0.1, 0.15) is 24.6 Å². The molecule has 4 aromatic rings. The molecule has 0 saturated carbocycles. The van der Waals surface area contributed by atoms with E-state index in [9.17, 15) is 4.79 Å². The van der Waals surface area contributed by atoms with Crippen LogP contribution in [0.4, 0.5) is 0 Å². The van der Waals surface area contributed by atoms with Crippen LogP contribution >= 0.6 is 0 Å². The minimum Gasteiger partial charge on any atom is -0.490 e. The summed E-state index contributed by atoms with van der Waals surface area (Å²) in [5.41, 5.74) is 3.85. The first-order chi connectivity index (χ1) is 17.7. The lowest BCUT2D eigenvalue weighted by Gasteiger charge is -2.27. The van der Waals surface area contributed by atoms with Crippen molar-refractivity contribution in [3.63, 3.8) is 0 Å². The molecule has 0 saturated heterocycles. The average Bonchev–Trinajstić information content (AvgIpc) is 3.36. The molecule has 0 radical (unpaired) electrons. The van der Waals surface area contributed by atoms with E-state index in [1.807, 2.05) is 54.4 Å². The van der Waals surface area contributed by atoms with Crippen molar-refractivity contribution in [3.8, 4) is 17.2 Å².